The maximum absolute atomic E-state index is 12.6. The number of nitrogens with one attached hydrogen (secondary N) is 2. The Balaban J connectivity index is 2.06. The Labute approximate surface area is 151 Å². The van der Waals surface area contributed by atoms with Crippen LogP contribution in [0, 0.1) is 0 Å². The fraction of sp³-hybridized carbons (Fsp3) is 0.611. The maximum Gasteiger partial charge on any atom is 0.243 e. The molecule has 0 bridgehead atoms. The number of hydrogen-bond acceptors (Lipinski definition) is 3. The SMILES string of the molecule is CCNC(=NCc1ccc(S(=O)(=O)N2CCCCC2)cc1)NC(C)C. The second-order valence-corrected chi connectivity index (χ2v) is 8.54. The number of piperidine rings is 1. The number of hydrogen-bond donors (Lipinski definition) is 2. The minimum absolute atomic E-state index is 0.301. The summed E-state index contributed by atoms with van der Waals surface area (Å²) >= 11 is 0. The van der Waals surface area contributed by atoms with E-state index < -0.39 is 10.0 Å². The van der Waals surface area contributed by atoms with Crippen molar-refractivity contribution >= 4 is 16.0 Å². The van der Waals surface area contributed by atoms with E-state index in [0.717, 1.165) is 37.3 Å². The van der Waals surface area contributed by atoms with Crippen LogP contribution < -0.4 is 10.6 Å². The number of benzene rings is 1. The Bertz CT molecular complexity index is 663. The minimum Gasteiger partial charge on any atom is -0.357 e. The highest BCUT2D eigenvalue weighted by molar-refractivity contribution is 7.89. The van der Waals surface area contributed by atoms with Crippen LogP contribution >= 0.6 is 0 Å². The summed E-state index contributed by atoms with van der Waals surface area (Å²) < 4.78 is 26.9. The Kier molecular flexibility index (Phi) is 7.25. The minimum atomic E-state index is -3.36. The third-order valence-electron chi connectivity index (χ3n) is 4.07. The fourth-order valence-electron chi connectivity index (χ4n) is 2.78. The first-order valence-electron chi connectivity index (χ1n) is 9.07. The van der Waals surface area contributed by atoms with Gasteiger partial charge in [0.05, 0.1) is 11.4 Å². The number of sulfonamides is 1. The second kappa shape index (κ2) is 9.20. The molecule has 1 aromatic rings. The molecule has 1 aromatic carbocycles. The normalized spacial score (nSPS) is 16.9. The van der Waals surface area contributed by atoms with Gasteiger partial charge in [-0.25, -0.2) is 13.4 Å². The first-order valence-corrected chi connectivity index (χ1v) is 10.5. The summed E-state index contributed by atoms with van der Waals surface area (Å²) in [4.78, 5) is 4.91. The van der Waals surface area contributed by atoms with Crippen molar-refractivity contribution < 1.29 is 8.42 Å². The lowest BCUT2D eigenvalue weighted by Crippen LogP contribution is -2.41. The van der Waals surface area contributed by atoms with Gasteiger partial charge in [0.25, 0.3) is 0 Å². The highest BCUT2D eigenvalue weighted by Gasteiger charge is 2.25. The Morgan fingerprint density at radius 1 is 1.16 bits per heavy atom. The summed E-state index contributed by atoms with van der Waals surface area (Å²) in [5, 5.41) is 6.47. The van der Waals surface area contributed by atoms with Crippen molar-refractivity contribution in [1.29, 1.82) is 0 Å². The topological polar surface area (TPSA) is 73.8 Å². The molecular formula is C18H30N4O2S. The van der Waals surface area contributed by atoms with Crippen molar-refractivity contribution in [2.24, 2.45) is 4.99 Å². The van der Waals surface area contributed by atoms with E-state index in [1.165, 1.54) is 0 Å². The van der Waals surface area contributed by atoms with E-state index in [1.54, 1.807) is 16.4 Å². The monoisotopic (exact) mass is 366 g/mol. The zero-order valence-corrected chi connectivity index (χ0v) is 16.3. The van der Waals surface area contributed by atoms with Crippen LogP contribution in [0.25, 0.3) is 0 Å². The molecule has 1 aliphatic rings. The van der Waals surface area contributed by atoms with E-state index in [-0.39, 0.29) is 0 Å². The summed E-state index contributed by atoms with van der Waals surface area (Å²) in [7, 11) is -3.36. The van der Waals surface area contributed by atoms with Gasteiger partial charge >= 0.3 is 0 Å². The smallest absolute Gasteiger partial charge is 0.243 e. The lowest BCUT2D eigenvalue weighted by molar-refractivity contribution is 0.346. The molecule has 7 heteroatoms. The molecule has 0 atom stereocenters. The van der Waals surface area contributed by atoms with Crippen LogP contribution in [0.5, 0.6) is 0 Å². The molecule has 1 saturated heterocycles. The molecule has 0 radical (unpaired) electrons. The molecule has 2 N–H and O–H groups in total. The van der Waals surface area contributed by atoms with E-state index >= 15 is 0 Å². The van der Waals surface area contributed by atoms with Crippen molar-refractivity contribution in [1.82, 2.24) is 14.9 Å². The Morgan fingerprint density at radius 3 is 2.36 bits per heavy atom. The molecule has 1 aliphatic heterocycles. The predicted molar refractivity (Wildman–Crippen MR) is 102 cm³/mol. The van der Waals surface area contributed by atoms with Crippen LogP contribution in [-0.4, -0.2) is 44.4 Å². The van der Waals surface area contributed by atoms with Crippen molar-refractivity contribution in [2.45, 2.75) is 57.5 Å². The fourth-order valence-corrected chi connectivity index (χ4v) is 4.30. The molecule has 0 unspecified atom stereocenters. The molecule has 25 heavy (non-hydrogen) atoms. The summed E-state index contributed by atoms with van der Waals surface area (Å²) in [6, 6.07) is 7.38. The summed E-state index contributed by atoms with van der Waals surface area (Å²) in [6.45, 7) is 8.71. The molecule has 0 amide bonds. The zero-order chi connectivity index (χ0) is 18.3. The van der Waals surface area contributed by atoms with Gasteiger partial charge in [0.1, 0.15) is 0 Å². The third-order valence-corrected chi connectivity index (χ3v) is 5.98. The first kappa shape index (κ1) is 19.7. The number of nitrogens with zero attached hydrogens (tertiary/aromatic N) is 2. The predicted octanol–water partition coefficient (Wildman–Crippen LogP) is 2.32. The summed E-state index contributed by atoms with van der Waals surface area (Å²) in [5.74, 6) is 0.766. The van der Waals surface area contributed by atoms with Gasteiger partial charge in [-0.05, 0) is 51.3 Å². The molecule has 0 saturated carbocycles. The summed E-state index contributed by atoms with van der Waals surface area (Å²) in [6.07, 6.45) is 3.01. The molecule has 0 spiro atoms. The molecule has 2 rings (SSSR count). The van der Waals surface area contributed by atoms with Gasteiger partial charge in [0, 0.05) is 25.7 Å². The molecular weight excluding hydrogens is 336 g/mol. The van der Waals surface area contributed by atoms with Crippen molar-refractivity contribution in [3.05, 3.63) is 29.8 Å². The van der Waals surface area contributed by atoms with Gasteiger partial charge in [0.15, 0.2) is 5.96 Å². The van der Waals surface area contributed by atoms with Gasteiger partial charge in [-0.1, -0.05) is 18.6 Å². The number of guanidine groups is 1. The lowest BCUT2D eigenvalue weighted by atomic mass is 10.2. The van der Waals surface area contributed by atoms with Gasteiger partial charge < -0.3 is 10.6 Å². The Hall–Kier alpha value is -1.60. The molecule has 140 valence electrons. The number of rotatable bonds is 6. The molecule has 0 aromatic heterocycles. The highest BCUT2D eigenvalue weighted by Crippen LogP contribution is 2.21. The Morgan fingerprint density at radius 2 is 1.80 bits per heavy atom. The molecule has 6 nitrogen and oxygen atoms in total. The maximum atomic E-state index is 12.6. The van der Waals surface area contributed by atoms with E-state index in [9.17, 15) is 8.42 Å². The quantitative estimate of drug-likeness (QED) is 0.599. The van der Waals surface area contributed by atoms with Gasteiger partial charge in [-0.2, -0.15) is 4.31 Å². The van der Waals surface area contributed by atoms with Crippen molar-refractivity contribution in [3.63, 3.8) is 0 Å². The lowest BCUT2D eigenvalue weighted by Gasteiger charge is -2.25. The van der Waals surface area contributed by atoms with Crippen LogP contribution in [0.4, 0.5) is 0 Å². The van der Waals surface area contributed by atoms with Crippen LogP contribution in [-0.2, 0) is 16.6 Å². The average molecular weight is 367 g/mol. The molecule has 1 fully saturated rings. The number of aliphatic imine (C=N–C) groups is 1. The second-order valence-electron chi connectivity index (χ2n) is 6.60. The van der Waals surface area contributed by atoms with Crippen molar-refractivity contribution in [2.75, 3.05) is 19.6 Å². The van der Waals surface area contributed by atoms with E-state index in [1.807, 2.05) is 19.1 Å². The van der Waals surface area contributed by atoms with Crippen LogP contribution in [0.2, 0.25) is 0 Å². The average Bonchev–Trinajstić information content (AvgIpc) is 2.60. The third kappa shape index (κ3) is 5.71. The van der Waals surface area contributed by atoms with Crippen LogP contribution in [0.15, 0.2) is 34.2 Å². The van der Waals surface area contributed by atoms with E-state index in [2.05, 4.69) is 29.5 Å². The zero-order valence-electron chi connectivity index (χ0n) is 15.5. The largest absolute Gasteiger partial charge is 0.357 e. The van der Waals surface area contributed by atoms with Gasteiger partial charge in [0.2, 0.25) is 10.0 Å². The first-order chi connectivity index (χ1) is 11.9. The van der Waals surface area contributed by atoms with Gasteiger partial charge in [-0.15, -0.1) is 0 Å². The van der Waals surface area contributed by atoms with Crippen LogP contribution in [0.1, 0.15) is 45.6 Å². The molecule has 1 heterocycles. The van der Waals surface area contributed by atoms with Crippen molar-refractivity contribution in [3.8, 4) is 0 Å². The standard InChI is InChI=1S/C18H30N4O2S/c1-4-19-18(21-15(2)3)20-14-16-8-10-17(11-9-16)25(23,24)22-12-6-5-7-13-22/h8-11,15H,4-7,12-14H2,1-3H3,(H2,19,20,21). The molecule has 0 aliphatic carbocycles. The van der Waals surface area contributed by atoms with E-state index in [0.29, 0.717) is 30.6 Å². The van der Waals surface area contributed by atoms with E-state index in [4.69, 9.17) is 0 Å². The summed E-state index contributed by atoms with van der Waals surface area (Å²) in [5.41, 5.74) is 0.985. The van der Waals surface area contributed by atoms with Gasteiger partial charge in [-0.3, -0.25) is 0 Å². The van der Waals surface area contributed by atoms with Crippen LogP contribution in [0.3, 0.4) is 0 Å². The highest BCUT2D eigenvalue weighted by atomic mass is 32.2.